The van der Waals surface area contributed by atoms with Crippen LogP contribution in [0, 0.1) is 0 Å². The quantitative estimate of drug-likeness (QED) is 0.462. The van der Waals surface area contributed by atoms with Gasteiger partial charge in [0.1, 0.15) is 0 Å². The van der Waals surface area contributed by atoms with Gasteiger partial charge in [0.05, 0.1) is 3.92 Å². The second kappa shape index (κ2) is 6.36. The van der Waals surface area contributed by atoms with Gasteiger partial charge < -0.3 is 4.90 Å². The molecule has 2 nitrogen and oxygen atoms in total. The summed E-state index contributed by atoms with van der Waals surface area (Å²) in [6.07, 6.45) is 4.86. The fraction of sp³-hybridized carbons (Fsp3) is 0.400. The molecule has 1 aromatic carbocycles. The van der Waals surface area contributed by atoms with Crippen molar-refractivity contribution >= 4 is 28.5 Å². The van der Waals surface area contributed by atoms with Gasteiger partial charge in [-0.1, -0.05) is 59.0 Å². The van der Waals surface area contributed by atoms with Crippen LogP contribution in [0.3, 0.4) is 0 Å². The van der Waals surface area contributed by atoms with E-state index < -0.39 is 0 Å². The van der Waals surface area contributed by atoms with Crippen LogP contribution >= 0.6 is 22.6 Å². The predicted octanol–water partition coefficient (Wildman–Crippen LogP) is 3.21. The fourth-order valence-electron chi connectivity index (χ4n) is 2.40. The number of hydrogen-bond acceptors (Lipinski definition) is 1. The number of rotatable bonds is 4. The molecule has 0 aliphatic carbocycles. The molecule has 0 saturated carbocycles. The SMILES string of the molecule is C=C[C@@H]1CCCN1C(=O)C(I)Cc1ccccc1. The molecule has 1 aromatic rings. The molecule has 1 unspecified atom stereocenters. The summed E-state index contributed by atoms with van der Waals surface area (Å²) >= 11 is 2.26. The third kappa shape index (κ3) is 3.13. The van der Waals surface area contributed by atoms with Gasteiger partial charge in [0.2, 0.25) is 5.91 Å². The van der Waals surface area contributed by atoms with Gasteiger partial charge in [-0.25, -0.2) is 0 Å². The molecule has 2 rings (SSSR count). The molecular weight excluding hydrogens is 337 g/mol. The third-order valence-corrected chi connectivity index (χ3v) is 4.35. The minimum absolute atomic E-state index is 0.0190. The van der Waals surface area contributed by atoms with Crippen molar-refractivity contribution in [2.75, 3.05) is 6.54 Å². The Morgan fingerprint density at radius 1 is 1.50 bits per heavy atom. The van der Waals surface area contributed by atoms with Crippen LogP contribution in [0.2, 0.25) is 0 Å². The first-order chi connectivity index (χ1) is 8.72. The van der Waals surface area contributed by atoms with Crippen LogP contribution in [0.5, 0.6) is 0 Å². The highest BCUT2D eigenvalue weighted by Crippen LogP contribution is 2.22. The van der Waals surface area contributed by atoms with E-state index in [1.807, 2.05) is 29.2 Å². The fourth-order valence-corrected chi connectivity index (χ4v) is 3.27. The van der Waals surface area contributed by atoms with Gasteiger partial charge in [-0.15, -0.1) is 6.58 Å². The Labute approximate surface area is 122 Å². The van der Waals surface area contributed by atoms with E-state index in [0.29, 0.717) is 0 Å². The van der Waals surface area contributed by atoms with Crippen LogP contribution in [0.1, 0.15) is 18.4 Å². The van der Waals surface area contributed by atoms with E-state index in [1.165, 1.54) is 5.56 Å². The van der Waals surface area contributed by atoms with E-state index in [-0.39, 0.29) is 15.9 Å². The molecule has 0 N–H and O–H groups in total. The van der Waals surface area contributed by atoms with Crippen molar-refractivity contribution in [3.8, 4) is 0 Å². The molecule has 1 heterocycles. The summed E-state index contributed by atoms with van der Waals surface area (Å²) in [5.41, 5.74) is 1.22. The van der Waals surface area contributed by atoms with Gasteiger partial charge in [-0.2, -0.15) is 0 Å². The second-order valence-electron chi connectivity index (χ2n) is 4.63. The topological polar surface area (TPSA) is 20.3 Å². The highest BCUT2D eigenvalue weighted by molar-refractivity contribution is 14.1. The lowest BCUT2D eigenvalue weighted by atomic mass is 10.1. The zero-order valence-corrected chi connectivity index (χ0v) is 12.5. The standard InChI is InChI=1S/C15H18INO/c1-2-13-9-6-10-17(13)15(18)14(16)11-12-7-4-3-5-8-12/h2-5,7-8,13-14H,1,6,9-11H2/t13-,14?/m1/s1. The number of benzene rings is 1. The van der Waals surface area contributed by atoms with Gasteiger partial charge in [0.15, 0.2) is 0 Å². The van der Waals surface area contributed by atoms with E-state index in [1.54, 1.807) is 0 Å². The largest absolute Gasteiger partial charge is 0.335 e. The molecule has 1 aliphatic rings. The number of alkyl halides is 1. The molecule has 1 aliphatic heterocycles. The second-order valence-corrected chi connectivity index (χ2v) is 6.14. The summed E-state index contributed by atoms with van der Waals surface area (Å²) in [7, 11) is 0. The number of amides is 1. The minimum atomic E-state index is 0.0190. The predicted molar refractivity (Wildman–Crippen MR) is 82.9 cm³/mol. The van der Waals surface area contributed by atoms with Crippen molar-refractivity contribution in [3.05, 3.63) is 48.6 Å². The van der Waals surface area contributed by atoms with Crippen LogP contribution < -0.4 is 0 Å². The van der Waals surface area contributed by atoms with E-state index in [0.717, 1.165) is 25.8 Å². The van der Waals surface area contributed by atoms with Crippen molar-refractivity contribution in [1.29, 1.82) is 0 Å². The van der Waals surface area contributed by atoms with Crippen LogP contribution in [-0.2, 0) is 11.2 Å². The monoisotopic (exact) mass is 355 g/mol. The number of halogens is 1. The molecule has 0 aromatic heterocycles. The average Bonchev–Trinajstić information content (AvgIpc) is 2.87. The molecule has 1 fully saturated rings. The highest BCUT2D eigenvalue weighted by Gasteiger charge is 2.30. The lowest BCUT2D eigenvalue weighted by Gasteiger charge is -2.24. The first kappa shape index (κ1) is 13.6. The molecule has 3 heteroatoms. The third-order valence-electron chi connectivity index (χ3n) is 3.38. The van der Waals surface area contributed by atoms with Crippen molar-refractivity contribution in [3.63, 3.8) is 0 Å². The molecule has 2 atom stereocenters. The normalized spacial score (nSPS) is 20.7. The van der Waals surface area contributed by atoms with Gasteiger partial charge in [-0.05, 0) is 24.8 Å². The van der Waals surface area contributed by atoms with E-state index in [2.05, 4.69) is 41.3 Å². The number of nitrogens with zero attached hydrogens (tertiary/aromatic N) is 1. The van der Waals surface area contributed by atoms with Gasteiger partial charge in [0.25, 0.3) is 0 Å². The molecule has 0 bridgehead atoms. The van der Waals surface area contributed by atoms with Gasteiger partial charge >= 0.3 is 0 Å². The first-order valence-electron chi connectivity index (χ1n) is 6.33. The van der Waals surface area contributed by atoms with Crippen LogP contribution in [0.4, 0.5) is 0 Å². The van der Waals surface area contributed by atoms with Crippen molar-refractivity contribution in [2.45, 2.75) is 29.2 Å². The van der Waals surface area contributed by atoms with Crippen molar-refractivity contribution in [1.82, 2.24) is 4.90 Å². The smallest absolute Gasteiger partial charge is 0.236 e. The number of carbonyl (C=O) groups excluding carboxylic acids is 1. The van der Waals surface area contributed by atoms with E-state index >= 15 is 0 Å². The van der Waals surface area contributed by atoms with Crippen molar-refractivity contribution in [2.24, 2.45) is 0 Å². The lowest BCUT2D eigenvalue weighted by Crippen LogP contribution is -2.39. The number of hydrogen-bond donors (Lipinski definition) is 0. The maximum absolute atomic E-state index is 12.4. The van der Waals surface area contributed by atoms with Crippen LogP contribution in [-0.4, -0.2) is 27.3 Å². The minimum Gasteiger partial charge on any atom is -0.335 e. The molecular formula is C15H18INO. The highest BCUT2D eigenvalue weighted by atomic mass is 127. The molecule has 1 saturated heterocycles. The summed E-state index contributed by atoms with van der Waals surface area (Å²) in [6, 6.07) is 10.4. The molecule has 0 spiro atoms. The maximum Gasteiger partial charge on any atom is 0.236 e. The Kier molecular flexibility index (Phi) is 4.80. The lowest BCUT2D eigenvalue weighted by molar-refractivity contribution is -0.130. The molecule has 18 heavy (non-hydrogen) atoms. The summed E-state index contributed by atoms with van der Waals surface area (Å²) in [5.74, 6) is 0.252. The van der Waals surface area contributed by atoms with Crippen LogP contribution in [0.15, 0.2) is 43.0 Å². The van der Waals surface area contributed by atoms with Crippen LogP contribution in [0.25, 0.3) is 0 Å². The van der Waals surface area contributed by atoms with E-state index in [9.17, 15) is 4.79 Å². The van der Waals surface area contributed by atoms with Crippen molar-refractivity contribution < 1.29 is 4.79 Å². The maximum atomic E-state index is 12.4. The number of carbonyl (C=O) groups is 1. The summed E-state index contributed by atoms with van der Waals surface area (Å²) in [4.78, 5) is 14.4. The Morgan fingerprint density at radius 3 is 2.89 bits per heavy atom. The Balaban J connectivity index is 1.98. The zero-order valence-electron chi connectivity index (χ0n) is 10.4. The van der Waals surface area contributed by atoms with E-state index in [4.69, 9.17) is 0 Å². The Bertz CT molecular complexity index is 418. The molecule has 1 amide bonds. The Hall–Kier alpha value is -0.840. The summed E-state index contributed by atoms with van der Waals surface area (Å²) in [5, 5.41) is 0. The summed E-state index contributed by atoms with van der Waals surface area (Å²) < 4.78 is 0.0190. The number of likely N-dealkylation sites (tertiary alicyclic amines) is 1. The van der Waals surface area contributed by atoms with Gasteiger partial charge in [0, 0.05) is 12.6 Å². The first-order valence-corrected chi connectivity index (χ1v) is 7.58. The Morgan fingerprint density at radius 2 is 2.22 bits per heavy atom. The average molecular weight is 355 g/mol. The molecule has 96 valence electrons. The van der Waals surface area contributed by atoms with Gasteiger partial charge in [-0.3, -0.25) is 4.79 Å². The zero-order chi connectivity index (χ0) is 13.0. The molecule has 0 radical (unpaired) electrons. The summed E-state index contributed by atoms with van der Waals surface area (Å²) in [6.45, 7) is 4.70.